The third-order valence-corrected chi connectivity index (χ3v) is 5.68. The summed E-state index contributed by atoms with van der Waals surface area (Å²) in [5.74, 6) is 0.497. The van der Waals surface area contributed by atoms with E-state index in [2.05, 4.69) is 15.5 Å². The minimum Gasteiger partial charge on any atom is -0.283 e. The fourth-order valence-corrected chi connectivity index (χ4v) is 3.90. The zero-order valence-electron chi connectivity index (χ0n) is 16.2. The van der Waals surface area contributed by atoms with Gasteiger partial charge in [-0.05, 0) is 35.0 Å². The molecule has 152 valence electrons. The van der Waals surface area contributed by atoms with E-state index in [0.717, 1.165) is 11.3 Å². The van der Waals surface area contributed by atoms with E-state index in [-0.39, 0.29) is 11.2 Å². The molecule has 2 aromatic heterocycles. The molecular formula is C19H17N7O3S. The van der Waals surface area contributed by atoms with Crippen LogP contribution in [0.25, 0.3) is 11.4 Å². The van der Waals surface area contributed by atoms with Gasteiger partial charge >= 0.3 is 0 Å². The number of para-hydroxylation sites is 1. The topological polar surface area (TPSA) is 114 Å². The molecule has 0 saturated heterocycles. The summed E-state index contributed by atoms with van der Waals surface area (Å²) >= 11 is 1.34. The molecule has 0 N–H and O–H groups in total. The maximum Gasteiger partial charge on any atom is 0.297 e. The lowest BCUT2D eigenvalue weighted by atomic mass is 10.2. The Morgan fingerprint density at radius 1 is 1.10 bits per heavy atom. The molecule has 0 unspecified atom stereocenters. The summed E-state index contributed by atoms with van der Waals surface area (Å²) in [4.78, 5) is 23.5. The van der Waals surface area contributed by atoms with Gasteiger partial charge in [0.05, 0.1) is 16.3 Å². The van der Waals surface area contributed by atoms with Gasteiger partial charge < -0.3 is 0 Å². The summed E-state index contributed by atoms with van der Waals surface area (Å²) in [5, 5.41) is 23.1. The Hall–Kier alpha value is -3.73. The summed E-state index contributed by atoms with van der Waals surface area (Å²) in [6.45, 7) is 1.84. The van der Waals surface area contributed by atoms with Gasteiger partial charge in [-0.3, -0.25) is 19.6 Å². The van der Waals surface area contributed by atoms with Crippen LogP contribution in [0.2, 0.25) is 0 Å². The number of nitrogens with zero attached hydrogens (tertiary/aromatic N) is 7. The van der Waals surface area contributed by atoms with Gasteiger partial charge in [0.25, 0.3) is 11.2 Å². The van der Waals surface area contributed by atoms with E-state index in [0.29, 0.717) is 22.3 Å². The average molecular weight is 423 g/mol. The smallest absolute Gasteiger partial charge is 0.283 e. The highest BCUT2D eigenvalue weighted by atomic mass is 32.2. The third kappa shape index (κ3) is 3.50. The van der Waals surface area contributed by atoms with Crippen molar-refractivity contribution in [3.63, 3.8) is 0 Å². The molecule has 10 nitrogen and oxygen atoms in total. The highest BCUT2D eigenvalue weighted by molar-refractivity contribution is 7.98. The molecule has 0 radical (unpaired) electrons. The minimum absolute atomic E-state index is 0.0370. The second-order valence-corrected chi connectivity index (χ2v) is 7.44. The van der Waals surface area contributed by atoms with Crippen molar-refractivity contribution in [2.75, 3.05) is 0 Å². The van der Waals surface area contributed by atoms with Crippen molar-refractivity contribution in [3.8, 4) is 11.4 Å². The molecule has 0 atom stereocenters. The zero-order chi connectivity index (χ0) is 21.3. The Morgan fingerprint density at radius 2 is 1.80 bits per heavy atom. The van der Waals surface area contributed by atoms with Gasteiger partial charge in [-0.15, -0.1) is 5.10 Å². The van der Waals surface area contributed by atoms with Crippen molar-refractivity contribution in [1.29, 1.82) is 0 Å². The number of nitro groups is 1. The first-order chi connectivity index (χ1) is 14.5. The third-order valence-electron chi connectivity index (χ3n) is 4.69. The van der Waals surface area contributed by atoms with Crippen LogP contribution < -0.4 is 5.56 Å². The molecule has 0 saturated carbocycles. The molecule has 2 heterocycles. The molecule has 0 aliphatic heterocycles. The van der Waals surface area contributed by atoms with Crippen molar-refractivity contribution in [1.82, 2.24) is 29.6 Å². The lowest BCUT2D eigenvalue weighted by Crippen LogP contribution is -2.22. The maximum atomic E-state index is 13.2. The fourth-order valence-electron chi connectivity index (χ4n) is 3.07. The van der Waals surface area contributed by atoms with E-state index in [1.807, 2.05) is 37.3 Å². The number of non-ortho nitro benzene ring substituents is 1. The largest absolute Gasteiger partial charge is 0.297 e. The van der Waals surface area contributed by atoms with Crippen LogP contribution in [0.5, 0.6) is 0 Å². The van der Waals surface area contributed by atoms with Crippen molar-refractivity contribution in [3.05, 3.63) is 86.3 Å². The van der Waals surface area contributed by atoms with Crippen LogP contribution in [0.1, 0.15) is 11.3 Å². The molecule has 2 aromatic carbocycles. The second kappa shape index (κ2) is 7.95. The number of tetrazole rings is 1. The molecule has 4 rings (SSSR count). The molecule has 0 bridgehead atoms. The average Bonchev–Trinajstić information content (AvgIpc) is 3.29. The van der Waals surface area contributed by atoms with Gasteiger partial charge in [-0.2, -0.15) is 4.68 Å². The molecule has 0 aliphatic rings. The van der Waals surface area contributed by atoms with Crippen LogP contribution in [-0.2, 0) is 12.8 Å². The predicted octanol–water partition coefficient (Wildman–Crippen LogP) is 2.66. The maximum absolute atomic E-state index is 13.2. The molecule has 0 fully saturated rings. The fraction of sp³-hybridized carbons (Fsp3) is 0.158. The Balaban J connectivity index is 1.65. The predicted molar refractivity (Wildman–Crippen MR) is 111 cm³/mol. The first-order valence-corrected chi connectivity index (χ1v) is 9.95. The molecule has 0 aliphatic carbocycles. The lowest BCUT2D eigenvalue weighted by Gasteiger charge is -2.07. The number of hydrogen-bond acceptors (Lipinski definition) is 7. The van der Waals surface area contributed by atoms with Gasteiger partial charge in [-0.25, -0.2) is 4.68 Å². The van der Waals surface area contributed by atoms with Gasteiger partial charge in [-0.1, -0.05) is 42.1 Å². The normalized spacial score (nSPS) is 11.0. The molecule has 0 spiro atoms. The number of rotatable bonds is 6. The molecule has 30 heavy (non-hydrogen) atoms. The van der Waals surface area contributed by atoms with E-state index in [1.165, 1.54) is 28.6 Å². The number of aromatic nitrogens is 6. The Kier molecular flexibility index (Phi) is 5.19. The number of hydrogen-bond donors (Lipinski definition) is 0. The van der Waals surface area contributed by atoms with Crippen LogP contribution in [0.15, 0.2) is 64.5 Å². The zero-order valence-corrected chi connectivity index (χ0v) is 17.0. The van der Waals surface area contributed by atoms with E-state index in [9.17, 15) is 14.9 Å². The van der Waals surface area contributed by atoms with E-state index in [4.69, 9.17) is 0 Å². The summed E-state index contributed by atoms with van der Waals surface area (Å²) in [6, 6.07) is 15.6. The first-order valence-electron chi connectivity index (χ1n) is 8.96. The van der Waals surface area contributed by atoms with Crippen LogP contribution in [0.3, 0.4) is 0 Å². The molecular weight excluding hydrogens is 406 g/mol. The summed E-state index contributed by atoms with van der Waals surface area (Å²) in [5.41, 5.74) is 2.52. The number of nitro benzene ring substituents is 1. The van der Waals surface area contributed by atoms with Crippen LogP contribution in [0.4, 0.5) is 5.69 Å². The van der Waals surface area contributed by atoms with E-state index >= 15 is 0 Å². The minimum atomic E-state index is -0.437. The number of thioether (sulfide) groups is 1. The quantitative estimate of drug-likeness (QED) is 0.266. The van der Waals surface area contributed by atoms with Gasteiger partial charge in [0, 0.05) is 24.9 Å². The SMILES string of the molecule is Cc1c(-n2nnnc2SCc2ccc([N+](=O)[O-])cc2)c(=O)n(-c2ccccc2)n1C. The highest BCUT2D eigenvalue weighted by Crippen LogP contribution is 2.24. The Labute approximate surface area is 174 Å². The summed E-state index contributed by atoms with van der Waals surface area (Å²) in [6.07, 6.45) is 0. The molecule has 0 amide bonds. The van der Waals surface area contributed by atoms with Crippen molar-refractivity contribution >= 4 is 17.4 Å². The second-order valence-electron chi connectivity index (χ2n) is 6.50. The summed E-state index contributed by atoms with van der Waals surface area (Å²) < 4.78 is 4.77. The van der Waals surface area contributed by atoms with Crippen LogP contribution >= 0.6 is 11.8 Å². The highest BCUT2D eigenvalue weighted by Gasteiger charge is 2.22. The van der Waals surface area contributed by atoms with Gasteiger partial charge in [0.1, 0.15) is 0 Å². The Morgan fingerprint density at radius 3 is 2.47 bits per heavy atom. The first kappa shape index (κ1) is 19.6. The van der Waals surface area contributed by atoms with Gasteiger partial charge in [0.2, 0.25) is 5.16 Å². The molecule has 4 aromatic rings. The van der Waals surface area contributed by atoms with Crippen molar-refractivity contribution < 1.29 is 4.92 Å². The van der Waals surface area contributed by atoms with Crippen molar-refractivity contribution in [2.45, 2.75) is 17.8 Å². The number of benzene rings is 2. The Bertz CT molecular complexity index is 1260. The summed E-state index contributed by atoms with van der Waals surface area (Å²) in [7, 11) is 1.81. The molecule has 11 heteroatoms. The monoisotopic (exact) mass is 423 g/mol. The standard InChI is InChI=1S/C19H17N7O3S/c1-13-17(18(27)25(23(13)2)15-6-4-3-5-7-15)24-19(20-21-22-24)30-12-14-8-10-16(11-9-14)26(28)29/h3-11H,12H2,1-2H3. The van der Waals surface area contributed by atoms with Crippen molar-refractivity contribution in [2.24, 2.45) is 7.05 Å². The van der Waals surface area contributed by atoms with E-state index in [1.54, 1.807) is 28.5 Å². The lowest BCUT2D eigenvalue weighted by molar-refractivity contribution is -0.384. The van der Waals surface area contributed by atoms with Gasteiger partial charge in [0.15, 0.2) is 5.69 Å². The van der Waals surface area contributed by atoms with E-state index < -0.39 is 4.92 Å². The van der Waals surface area contributed by atoms with Crippen LogP contribution in [0, 0.1) is 17.0 Å². The van der Waals surface area contributed by atoms with Crippen LogP contribution in [-0.4, -0.2) is 34.5 Å².